The van der Waals surface area contributed by atoms with Gasteiger partial charge in [-0.2, -0.15) is 0 Å². The molecule has 1 aliphatic heterocycles. The molecule has 2 aromatic carbocycles. The Morgan fingerprint density at radius 2 is 1.82 bits per heavy atom. The Morgan fingerprint density at radius 3 is 2.47 bits per heavy atom. The van der Waals surface area contributed by atoms with Crippen LogP contribution in [0.15, 0.2) is 54.6 Å². The molecule has 34 heavy (non-hydrogen) atoms. The standard InChI is InChI=1S/C27H33N3O4/c1-19(16-21-12-9-13-22(17-21)28-5)24(31)23-25(32)29(18-20-10-7-6-8-11-20)14-15-30(23)26(33)34-27(2,3)4/h6-13,17,19,23-24,31H,14-16,18H2,1-4H3/t19-,23-,24-/m0/s1. The average molecular weight is 464 g/mol. The summed E-state index contributed by atoms with van der Waals surface area (Å²) in [5.74, 6) is -0.633. The Bertz CT molecular complexity index is 1040. The van der Waals surface area contributed by atoms with Crippen LogP contribution in [0.3, 0.4) is 0 Å². The van der Waals surface area contributed by atoms with Crippen molar-refractivity contribution in [3.8, 4) is 0 Å². The van der Waals surface area contributed by atoms with Gasteiger partial charge in [0.1, 0.15) is 11.6 Å². The highest BCUT2D eigenvalue weighted by Crippen LogP contribution is 2.26. The third kappa shape index (κ3) is 6.36. The Kier molecular flexibility index (Phi) is 7.95. The quantitative estimate of drug-likeness (QED) is 0.644. The third-order valence-corrected chi connectivity index (χ3v) is 5.86. The first kappa shape index (κ1) is 25.3. The number of carbonyl (C=O) groups excluding carboxylic acids is 2. The number of rotatable bonds is 6. The van der Waals surface area contributed by atoms with Crippen LogP contribution in [0.2, 0.25) is 0 Å². The Balaban J connectivity index is 1.84. The highest BCUT2D eigenvalue weighted by molar-refractivity contribution is 5.87. The van der Waals surface area contributed by atoms with E-state index in [1.165, 1.54) is 4.90 Å². The molecule has 0 saturated carbocycles. The lowest BCUT2D eigenvalue weighted by Crippen LogP contribution is -2.64. The second kappa shape index (κ2) is 10.7. The first-order valence-electron chi connectivity index (χ1n) is 11.6. The molecular weight excluding hydrogens is 430 g/mol. The minimum atomic E-state index is -1.10. The van der Waals surface area contributed by atoms with E-state index in [1.54, 1.807) is 37.8 Å². The maximum atomic E-state index is 13.6. The van der Waals surface area contributed by atoms with Crippen molar-refractivity contribution in [1.82, 2.24) is 9.80 Å². The van der Waals surface area contributed by atoms with Crippen LogP contribution in [0.4, 0.5) is 10.5 Å². The SMILES string of the molecule is [C-]#[N+]c1cccc(C[C@H](C)[C@H](O)[C@H]2C(=O)N(Cc3ccccc3)CCN2C(=O)OC(C)(C)C)c1. The molecule has 2 amide bonds. The Morgan fingerprint density at radius 1 is 1.15 bits per heavy atom. The number of ether oxygens (including phenoxy) is 1. The molecule has 0 aromatic heterocycles. The normalized spacial score (nSPS) is 18.2. The van der Waals surface area contributed by atoms with Crippen molar-refractivity contribution in [3.05, 3.63) is 77.1 Å². The van der Waals surface area contributed by atoms with Gasteiger partial charge < -0.3 is 14.7 Å². The van der Waals surface area contributed by atoms with Crippen molar-refractivity contribution >= 4 is 17.7 Å². The summed E-state index contributed by atoms with van der Waals surface area (Å²) in [6.45, 7) is 15.4. The number of piperazine rings is 1. The minimum absolute atomic E-state index is 0.273. The van der Waals surface area contributed by atoms with Crippen LogP contribution in [-0.4, -0.2) is 57.7 Å². The smallest absolute Gasteiger partial charge is 0.411 e. The van der Waals surface area contributed by atoms with Crippen molar-refractivity contribution in [2.45, 2.75) is 58.4 Å². The van der Waals surface area contributed by atoms with E-state index in [9.17, 15) is 14.7 Å². The largest absolute Gasteiger partial charge is 0.444 e. The van der Waals surface area contributed by atoms with Gasteiger partial charge in [-0.25, -0.2) is 9.64 Å². The van der Waals surface area contributed by atoms with Gasteiger partial charge in [-0.1, -0.05) is 67.1 Å². The summed E-state index contributed by atoms with van der Waals surface area (Å²) in [5.41, 5.74) is 1.69. The van der Waals surface area contributed by atoms with E-state index in [2.05, 4.69) is 4.85 Å². The van der Waals surface area contributed by atoms with Crippen LogP contribution in [0.25, 0.3) is 4.85 Å². The van der Waals surface area contributed by atoms with E-state index in [4.69, 9.17) is 11.3 Å². The topological polar surface area (TPSA) is 74.4 Å². The number of nitrogens with zero attached hydrogens (tertiary/aromatic N) is 3. The number of hydrogen-bond acceptors (Lipinski definition) is 4. The van der Waals surface area contributed by atoms with Crippen LogP contribution in [0.1, 0.15) is 38.8 Å². The number of benzene rings is 2. The van der Waals surface area contributed by atoms with Gasteiger partial charge in [0.05, 0.1) is 12.7 Å². The van der Waals surface area contributed by atoms with Crippen LogP contribution >= 0.6 is 0 Å². The number of amides is 2. The van der Waals surface area contributed by atoms with Gasteiger partial charge in [-0.3, -0.25) is 9.69 Å². The second-order valence-corrected chi connectivity index (χ2v) is 9.82. The zero-order valence-corrected chi connectivity index (χ0v) is 20.3. The first-order chi connectivity index (χ1) is 16.1. The molecule has 3 rings (SSSR count). The van der Waals surface area contributed by atoms with E-state index in [1.807, 2.05) is 49.4 Å². The molecule has 0 bridgehead atoms. The van der Waals surface area contributed by atoms with Crippen molar-refractivity contribution in [1.29, 1.82) is 0 Å². The van der Waals surface area contributed by atoms with Gasteiger partial charge in [0.2, 0.25) is 5.91 Å². The van der Waals surface area contributed by atoms with Crippen molar-refractivity contribution < 1.29 is 19.4 Å². The molecular formula is C27H33N3O4. The predicted molar refractivity (Wildman–Crippen MR) is 130 cm³/mol. The number of aliphatic hydroxyl groups is 1. The van der Waals surface area contributed by atoms with Gasteiger partial charge >= 0.3 is 6.09 Å². The molecule has 1 fully saturated rings. The number of aliphatic hydroxyl groups excluding tert-OH is 1. The molecule has 2 aromatic rings. The van der Waals surface area contributed by atoms with Crippen molar-refractivity contribution in [2.24, 2.45) is 5.92 Å². The van der Waals surface area contributed by atoms with Gasteiger partial charge in [-0.05, 0) is 38.7 Å². The zero-order valence-electron chi connectivity index (χ0n) is 20.3. The molecule has 180 valence electrons. The highest BCUT2D eigenvalue weighted by atomic mass is 16.6. The average Bonchev–Trinajstić information content (AvgIpc) is 2.79. The lowest BCUT2D eigenvalue weighted by atomic mass is 9.89. The van der Waals surface area contributed by atoms with Crippen LogP contribution < -0.4 is 0 Å². The summed E-state index contributed by atoms with van der Waals surface area (Å²) in [5, 5.41) is 11.3. The zero-order chi connectivity index (χ0) is 24.9. The molecule has 7 nitrogen and oxygen atoms in total. The molecule has 0 aliphatic carbocycles. The molecule has 0 unspecified atom stereocenters. The lowest BCUT2D eigenvalue weighted by molar-refractivity contribution is -0.149. The van der Waals surface area contributed by atoms with Crippen molar-refractivity contribution in [3.63, 3.8) is 0 Å². The van der Waals surface area contributed by atoms with E-state index >= 15 is 0 Å². The molecule has 0 radical (unpaired) electrons. The monoisotopic (exact) mass is 463 g/mol. The number of hydrogen-bond donors (Lipinski definition) is 1. The fourth-order valence-electron chi connectivity index (χ4n) is 4.17. The predicted octanol–water partition coefficient (Wildman–Crippen LogP) is 4.42. The third-order valence-electron chi connectivity index (χ3n) is 5.86. The molecule has 3 atom stereocenters. The van der Waals surface area contributed by atoms with Crippen LogP contribution in [-0.2, 0) is 22.5 Å². The molecule has 0 spiro atoms. The van der Waals surface area contributed by atoms with E-state index in [-0.39, 0.29) is 18.4 Å². The highest BCUT2D eigenvalue weighted by Gasteiger charge is 2.44. The summed E-state index contributed by atoms with van der Waals surface area (Å²) in [6, 6.07) is 15.8. The first-order valence-corrected chi connectivity index (χ1v) is 11.6. The number of carbonyl (C=O) groups is 2. The summed E-state index contributed by atoms with van der Waals surface area (Å²) in [4.78, 5) is 33.1. The van der Waals surface area contributed by atoms with Crippen molar-refractivity contribution in [2.75, 3.05) is 13.1 Å². The van der Waals surface area contributed by atoms with E-state index < -0.39 is 23.8 Å². The Labute approximate surface area is 201 Å². The van der Waals surface area contributed by atoms with Gasteiger partial charge in [0, 0.05) is 19.6 Å². The molecule has 7 heteroatoms. The molecule has 1 N–H and O–H groups in total. The van der Waals surface area contributed by atoms with Gasteiger partial charge in [-0.15, -0.1) is 0 Å². The van der Waals surface area contributed by atoms with Crippen LogP contribution in [0.5, 0.6) is 0 Å². The van der Waals surface area contributed by atoms with Gasteiger partial charge in [0.25, 0.3) is 0 Å². The van der Waals surface area contributed by atoms with E-state index in [0.717, 1.165) is 11.1 Å². The lowest BCUT2D eigenvalue weighted by Gasteiger charge is -2.43. The maximum absolute atomic E-state index is 13.6. The maximum Gasteiger partial charge on any atom is 0.411 e. The fourth-order valence-corrected chi connectivity index (χ4v) is 4.17. The summed E-state index contributed by atoms with van der Waals surface area (Å²) >= 11 is 0. The molecule has 1 heterocycles. The summed E-state index contributed by atoms with van der Waals surface area (Å²) in [6.07, 6.45) is -1.24. The summed E-state index contributed by atoms with van der Waals surface area (Å²) < 4.78 is 5.56. The van der Waals surface area contributed by atoms with Crippen LogP contribution in [0, 0.1) is 12.5 Å². The molecule has 1 aliphatic rings. The minimum Gasteiger partial charge on any atom is -0.444 e. The molecule has 1 saturated heterocycles. The van der Waals surface area contributed by atoms with E-state index in [0.29, 0.717) is 25.2 Å². The fraction of sp³-hybridized carbons (Fsp3) is 0.444. The second-order valence-electron chi connectivity index (χ2n) is 9.82. The Hall–Kier alpha value is -3.37. The van der Waals surface area contributed by atoms with Gasteiger partial charge in [0.15, 0.2) is 5.69 Å². The summed E-state index contributed by atoms with van der Waals surface area (Å²) in [7, 11) is 0.